The number of anilines is 1. The molecule has 0 aromatic heterocycles. The number of ether oxygens (including phenoxy) is 3. The van der Waals surface area contributed by atoms with Gasteiger partial charge in [-0.15, -0.1) is 0 Å². The van der Waals surface area contributed by atoms with Gasteiger partial charge in [0.2, 0.25) is 0 Å². The van der Waals surface area contributed by atoms with Crippen molar-refractivity contribution in [2.75, 3.05) is 18.6 Å². The van der Waals surface area contributed by atoms with E-state index in [2.05, 4.69) is 22.6 Å². The number of carbonyl (C=O) groups excluding carboxylic acids is 2. The molecule has 0 unspecified atom stereocenters. The Morgan fingerprint density at radius 2 is 1.77 bits per heavy atom. The fraction of sp³-hybridized carbons (Fsp3) is 0.154. The fourth-order valence-corrected chi connectivity index (χ4v) is 5.07. The molecule has 1 heterocycles. The maximum Gasteiger partial charge on any atom is 0.298 e. The van der Waals surface area contributed by atoms with E-state index in [4.69, 9.17) is 14.2 Å². The number of imide groups is 1. The Kier molecular flexibility index (Phi) is 7.97. The number of carbonyl (C=O) groups is 2. The molecule has 0 spiro atoms. The number of amides is 2. The van der Waals surface area contributed by atoms with Crippen LogP contribution in [0.1, 0.15) is 18.1 Å². The first-order chi connectivity index (χ1) is 16.9. The molecule has 180 valence electrons. The minimum Gasteiger partial charge on any atom is -0.495 e. The number of thioether (sulfide) groups is 1. The Balaban J connectivity index is 1.61. The van der Waals surface area contributed by atoms with Crippen molar-refractivity contribution in [1.29, 1.82) is 0 Å². The van der Waals surface area contributed by atoms with Crippen molar-refractivity contribution in [3.63, 3.8) is 0 Å². The van der Waals surface area contributed by atoms with Crippen molar-refractivity contribution in [2.45, 2.75) is 13.5 Å². The molecule has 6 nitrogen and oxygen atoms in total. The molecule has 1 fully saturated rings. The quantitative estimate of drug-likeness (QED) is 0.212. The summed E-state index contributed by atoms with van der Waals surface area (Å²) in [6.45, 7) is 2.52. The van der Waals surface area contributed by atoms with Gasteiger partial charge in [0.1, 0.15) is 18.2 Å². The molecule has 3 aromatic carbocycles. The smallest absolute Gasteiger partial charge is 0.298 e. The largest absolute Gasteiger partial charge is 0.495 e. The molecule has 1 aliphatic rings. The lowest BCUT2D eigenvalue weighted by Crippen LogP contribution is -2.28. The predicted octanol–water partition coefficient (Wildman–Crippen LogP) is 6.66. The Labute approximate surface area is 220 Å². The van der Waals surface area contributed by atoms with Gasteiger partial charge in [-0.05, 0) is 94.9 Å². The Morgan fingerprint density at radius 1 is 1.03 bits per heavy atom. The van der Waals surface area contributed by atoms with Crippen molar-refractivity contribution < 1.29 is 28.2 Å². The number of benzene rings is 3. The van der Waals surface area contributed by atoms with Gasteiger partial charge in [0.15, 0.2) is 11.5 Å². The van der Waals surface area contributed by atoms with Gasteiger partial charge >= 0.3 is 0 Å². The van der Waals surface area contributed by atoms with E-state index < -0.39 is 11.1 Å². The van der Waals surface area contributed by atoms with E-state index in [1.807, 2.05) is 13.0 Å². The normalized spacial score (nSPS) is 14.5. The first-order valence-corrected chi connectivity index (χ1v) is 12.5. The number of nitrogens with zero attached hydrogens (tertiary/aromatic N) is 1. The highest BCUT2D eigenvalue weighted by molar-refractivity contribution is 14.1. The van der Waals surface area contributed by atoms with Crippen LogP contribution < -0.4 is 19.1 Å². The number of halogens is 2. The summed E-state index contributed by atoms with van der Waals surface area (Å²) >= 11 is 3.00. The van der Waals surface area contributed by atoms with E-state index in [0.717, 1.165) is 25.8 Å². The predicted molar refractivity (Wildman–Crippen MR) is 143 cm³/mol. The summed E-state index contributed by atoms with van der Waals surface area (Å²) in [7, 11) is 1.49. The van der Waals surface area contributed by atoms with Crippen LogP contribution in [0.4, 0.5) is 14.9 Å². The monoisotopic (exact) mass is 605 g/mol. The topological polar surface area (TPSA) is 65.1 Å². The third-order valence-corrected chi connectivity index (χ3v) is 6.72. The second-order valence-corrected chi connectivity index (χ2v) is 9.52. The van der Waals surface area contributed by atoms with Crippen molar-refractivity contribution in [3.8, 4) is 17.2 Å². The van der Waals surface area contributed by atoms with Crippen LogP contribution in [0.15, 0.2) is 65.6 Å². The standard InChI is InChI=1S/C26H21FINO5S/c1-3-33-22-13-17(12-19(28)24(22)34-15-16-8-10-18(27)11-9-16)14-23-25(30)29(26(31)35-23)20-6-4-5-7-21(20)32-2/h4-14H,3,15H2,1-2H3/b23-14-. The van der Waals surface area contributed by atoms with Crippen LogP contribution >= 0.6 is 34.4 Å². The van der Waals surface area contributed by atoms with Crippen LogP contribution in [-0.2, 0) is 11.4 Å². The average Bonchev–Trinajstić information content (AvgIpc) is 3.12. The summed E-state index contributed by atoms with van der Waals surface area (Å²) in [5, 5.41) is -0.398. The molecule has 0 aliphatic carbocycles. The molecule has 0 bridgehead atoms. The molecule has 0 N–H and O–H groups in total. The van der Waals surface area contributed by atoms with Crippen molar-refractivity contribution in [3.05, 3.63) is 86.1 Å². The van der Waals surface area contributed by atoms with Gasteiger partial charge in [0.25, 0.3) is 11.1 Å². The highest BCUT2D eigenvalue weighted by Crippen LogP contribution is 2.41. The number of hydrogen-bond donors (Lipinski definition) is 0. The Bertz CT molecular complexity index is 1300. The molecule has 9 heteroatoms. The summed E-state index contributed by atoms with van der Waals surface area (Å²) in [5.74, 6) is 0.770. The number of rotatable bonds is 8. The van der Waals surface area contributed by atoms with E-state index >= 15 is 0 Å². The van der Waals surface area contributed by atoms with Crippen LogP contribution in [0, 0.1) is 9.39 Å². The summed E-state index contributed by atoms with van der Waals surface area (Å²) in [6.07, 6.45) is 1.66. The van der Waals surface area contributed by atoms with E-state index in [9.17, 15) is 14.0 Å². The minimum atomic E-state index is -0.422. The minimum absolute atomic E-state index is 0.244. The highest BCUT2D eigenvalue weighted by Gasteiger charge is 2.37. The Hall–Kier alpha value is -3.05. The zero-order valence-corrected chi connectivity index (χ0v) is 21.9. The van der Waals surface area contributed by atoms with E-state index in [1.165, 1.54) is 19.2 Å². The van der Waals surface area contributed by atoms with Gasteiger partial charge < -0.3 is 14.2 Å². The number of hydrogen-bond acceptors (Lipinski definition) is 6. The van der Waals surface area contributed by atoms with E-state index in [1.54, 1.807) is 48.5 Å². The summed E-state index contributed by atoms with van der Waals surface area (Å²) < 4.78 is 31.0. The van der Waals surface area contributed by atoms with Crippen LogP contribution in [0.3, 0.4) is 0 Å². The van der Waals surface area contributed by atoms with Crippen molar-refractivity contribution in [2.24, 2.45) is 0 Å². The molecule has 35 heavy (non-hydrogen) atoms. The maximum absolute atomic E-state index is 13.2. The molecule has 0 atom stereocenters. The van der Waals surface area contributed by atoms with E-state index in [-0.39, 0.29) is 12.4 Å². The van der Waals surface area contributed by atoms with Gasteiger partial charge in [0, 0.05) is 0 Å². The first kappa shape index (κ1) is 25.1. The Morgan fingerprint density at radius 3 is 2.49 bits per heavy atom. The van der Waals surface area contributed by atoms with Gasteiger partial charge in [-0.25, -0.2) is 9.29 Å². The molecule has 4 rings (SSSR count). The molecule has 1 aliphatic heterocycles. The second-order valence-electron chi connectivity index (χ2n) is 7.37. The molecule has 2 amide bonds. The lowest BCUT2D eigenvalue weighted by Gasteiger charge is -2.16. The first-order valence-electron chi connectivity index (χ1n) is 10.7. The lowest BCUT2D eigenvalue weighted by atomic mass is 10.1. The highest BCUT2D eigenvalue weighted by atomic mass is 127. The van der Waals surface area contributed by atoms with Crippen LogP contribution in [0.2, 0.25) is 0 Å². The summed E-state index contributed by atoms with van der Waals surface area (Å²) in [5.41, 5.74) is 1.91. The maximum atomic E-state index is 13.2. The van der Waals surface area contributed by atoms with Crippen LogP contribution in [-0.4, -0.2) is 24.9 Å². The van der Waals surface area contributed by atoms with Gasteiger partial charge in [-0.3, -0.25) is 9.59 Å². The zero-order chi connectivity index (χ0) is 24.9. The SMILES string of the molecule is CCOc1cc(/C=C2\SC(=O)N(c3ccccc3OC)C2=O)cc(I)c1OCc1ccc(F)cc1. The van der Waals surface area contributed by atoms with Crippen LogP contribution in [0.25, 0.3) is 6.08 Å². The second kappa shape index (κ2) is 11.1. The molecular weight excluding hydrogens is 584 g/mol. The molecule has 3 aromatic rings. The fourth-order valence-electron chi connectivity index (χ4n) is 3.45. The van der Waals surface area contributed by atoms with Gasteiger partial charge in [-0.2, -0.15) is 0 Å². The molecule has 0 saturated carbocycles. The van der Waals surface area contributed by atoms with E-state index in [0.29, 0.717) is 40.0 Å². The molecule has 0 radical (unpaired) electrons. The third-order valence-electron chi connectivity index (χ3n) is 5.05. The lowest BCUT2D eigenvalue weighted by molar-refractivity contribution is -0.113. The van der Waals surface area contributed by atoms with Crippen LogP contribution in [0.5, 0.6) is 17.2 Å². The summed E-state index contributed by atoms with van der Waals surface area (Å²) in [6, 6.07) is 16.6. The van der Waals surface area contributed by atoms with Crippen molar-refractivity contribution >= 4 is 57.3 Å². The number of methoxy groups -OCH3 is 1. The van der Waals surface area contributed by atoms with Gasteiger partial charge in [-0.1, -0.05) is 24.3 Å². The zero-order valence-electron chi connectivity index (χ0n) is 18.9. The molecular formula is C26H21FINO5S. The molecule has 1 saturated heterocycles. The van der Waals surface area contributed by atoms with Gasteiger partial charge in [0.05, 0.1) is 27.9 Å². The number of para-hydroxylation sites is 2. The third kappa shape index (κ3) is 5.62. The van der Waals surface area contributed by atoms with Crippen molar-refractivity contribution in [1.82, 2.24) is 0 Å². The average molecular weight is 605 g/mol. The summed E-state index contributed by atoms with van der Waals surface area (Å²) in [4.78, 5) is 27.2.